The number of nitrogens with zero attached hydrogens (tertiary/aromatic N) is 3. The van der Waals surface area contributed by atoms with E-state index in [-0.39, 0.29) is 36.2 Å². The first kappa shape index (κ1) is 21.9. The van der Waals surface area contributed by atoms with Crippen LogP contribution in [0.1, 0.15) is 41.5 Å². The molecule has 0 aromatic carbocycles. The van der Waals surface area contributed by atoms with Gasteiger partial charge in [-0.3, -0.25) is 16.0 Å². The first-order valence-electron chi connectivity index (χ1n) is 8.24. The number of amides is 3. The number of carbonyl (C=O) groups excluding carboxylic acids is 3. The van der Waals surface area contributed by atoms with Crippen LogP contribution in [0.4, 0.5) is 32.2 Å². The molecule has 0 bridgehead atoms. The van der Waals surface area contributed by atoms with Crippen LogP contribution in [0.2, 0.25) is 0 Å². The van der Waals surface area contributed by atoms with Crippen molar-refractivity contribution in [2.45, 2.75) is 59.9 Å². The van der Waals surface area contributed by atoms with Gasteiger partial charge >= 0.3 is 18.3 Å². The zero-order valence-corrected chi connectivity index (χ0v) is 16.0. The number of ether oxygens (including phenoxy) is 3. The van der Waals surface area contributed by atoms with Gasteiger partial charge in [0.05, 0.1) is 18.3 Å². The molecule has 0 fully saturated rings. The van der Waals surface area contributed by atoms with Gasteiger partial charge in [0.1, 0.15) is 0 Å². The number of anilines is 3. The average Bonchev–Trinajstić information content (AvgIpc) is 2.43. The molecule has 150 valence electrons. The van der Waals surface area contributed by atoms with E-state index >= 15 is 0 Å². The number of rotatable bonds is 6. The highest BCUT2D eigenvalue weighted by atomic mass is 16.6. The first-order valence-corrected chi connectivity index (χ1v) is 8.24. The van der Waals surface area contributed by atoms with Gasteiger partial charge in [0.25, 0.3) is 0 Å². The zero-order valence-electron chi connectivity index (χ0n) is 16.0. The van der Waals surface area contributed by atoms with Gasteiger partial charge in [-0.25, -0.2) is 14.4 Å². The van der Waals surface area contributed by atoms with Gasteiger partial charge < -0.3 is 14.2 Å². The topological polar surface area (TPSA) is 154 Å². The minimum absolute atomic E-state index is 0.254. The van der Waals surface area contributed by atoms with E-state index in [2.05, 4.69) is 30.9 Å². The van der Waals surface area contributed by atoms with Crippen molar-refractivity contribution in [1.29, 1.82) is 0 Å². The third-order valence-corrected chi connectivity index (χ3v) is 2.31. The molecule has 1 aromatic heterocycles. The lowest BCUT2D eigenvalue weighted by atomic mass is 10.5. The largest absolute Gasteiger partial charge is 0.447 e. The summed E-state index contributed by atoms with van der Waals surface area (Å²) in [4.78, 5) is 46.7. The zero-order chi connectivity index (χ0) is 20.6. The maximum absolute atomic E-state index is 11.7. The van der Waals surface area contributed by atoms with Crippen LogP contribution in [-0.2, 0) is 14.2 Å². The summed E-state index contributed by atoms with van der Waals surface area (Å²) in [7, 11) is 0. The highest BCUT2D eigenvalue weighted by molar-refractivity contribution is 5.86. The summed E-state index contributed by atoms with van der Waals surface area (Å²) < 4.78 is 14.8. The fourth-order valence-electron chi connectivity index (χ4n) is 1.55. The minimum atomic E-state index is -0.817. The fourth-order valence-corrected chi connectivity index (χ4v) is 1.55. The number of hydrogen-bond acceptors (Lipinski definition) is 9. The molecular weight excluding hydrogens is 360 g/mol. The van der Waals surface area contributed by atoms with Gasteiger partial charge in [-0.1, -0.05) is 0 Å². The van der Waals surface area contributed by atoms with Gasteiger partial charge in [-0.05, 0) is 41.5 Å². The second kappa shape index (κ2) is 10.1. The molecule has 3 amide bonds. The van der Waals surface area contributed by atoms with Crippen molar-refractivity contribution < 1.29 is 28.6 Å². The summed E-state index contributed by atoms with van der Waals surface area (Å²) >= 11 is 0. The van der Waals surface area contributed by atoms with Gasteiger partial charge in [0.2, 0.25) is 17.8 Å². The van der Waals surface area contributed by atoms with Crippen molar-refractivity contribution in [1.82, 2.24) is 15.0 Å². The molecule has 0 unspecified atom stereocenters. The van der Waals surface area contributed by atoms with Crippen LogP contribution in [0.5, 0.6) is 0 Å². The molecule has 0 spiro atoms. The molecule has 0 saturated heterocycles. The quantitative estimate of drug-likeness (QED) is 0.628. The average molecular weight is 384 g/mol. The molecular formula is C15H24N6O6. The molecule has 0 atom stereocenters. The van der Waals surface area contributed by atoms with E-state index in [4.69, 9.17) is 14.2 Å². The van der Waals surface area contributed by atoms with Crippen molar-refractivity contribution in [2.24, 2.45) is 0 Å². The second-order valence-electron chi connectivity index (χ2n) is 6.04. The Balaban J connectivity index is 3.00. The van der Waals surface area contributed by atoms with E-state index < -0.39 is 18.3 Å². The molecule has 0 aliphatic heterocycles. The van der Waals surface area contributed by atoms with Gasteiger partial charge in [-0.15, -0.1) is 0 Å². The Morgan fingerprint density at radius 1 is 0.593 bits per heavy atom. The van der Waals surface area contributed by atoms with Crippen molar-refractivity contribution in [3.8, 4) is 0 Å². The van der Waals surface area contributed by atoms with E-state index in [9.17, 15) is 14.4 Å². The SMILES string of the molecule is CC(C)OC(=O)Nc1nc(NC(=O)OC(C)C)nc(NC(=O)OC(C)C)n1. The Morgan fingerprint density at radius 3 is 1.00 bits per heavy atom. The smallest absolute Gasteiger partial charge is 0.414 e. The molecule has 27 heavy (non-hydrogen) atoms. The van der Waals surface area contributed by atoms with E-state index in [1.54, 1.807) is 41.5 Å². The number of nitrogens with one attached hydrogen (secondary N) is 3. The molecule has 1 aromatic rings. The Kier molecular flexibility index (Phi) is 8.17. The Morgan fingerprint density at radius 2 is 0.815 bits per heavy atom. The molecule has 3 N–H and O–H groups in total. The van der Waals surface area contributed by atoms with Crippen LogP contribution >= 0.6 is 0 Å². The minimum Gasteiger partial charge on any atom is -0.447 e. The van der Waals surface area contributed by atoms with Gasteiger partial charge in [0, 0.05) is 0 Å². The molecule has 0 aliphatic rings. The van der Waals surface area contributed by atoms with Crippen molar-refractivity contribution >= 4 is 36.1 Å². The van der Waals surface area contributed by atoms with E-state index in [0.717, 1.165) is 0 Å². The lowest BCUT2D eigenvalue weighted by Crippen LogP contribution is -2.24. The van der Waals surface area contributed by atoms with E-state index in [1.807, 2.05) is 0 Å². The first-order chi connectivity index (χ1) is 12.5. The Hall–Kier alpha value is -3.18. The van der Waals surface area contributed by atoms with Crippen molar-refractivity contribution in [3.63, 3.8) is 0 Å². The summed E-state index contributed by atoms with van der Waals surface area (Å²) in [5, 5.41) is 6.82. The standard InChI is InChI=1S/C15H24N6O6/c1-7(2)25-13(22)19-10-16-11(20-14(23)26-8(3)4)18-12(17-10)21-15(24)27-9(5)6/h7-9H,1-6H3,(H3,16,17,18,19,20,21,22,23,24). The van der Waals surface area contributed by atoms with Crippen molar-refractivity contribution in [3.05, 3.63) is 0 Å². The number of hydrogen-bond donors (Lipinski definition) is 3. The highest BCUT2D eigenvalue weighted by Crippen LogP contribution is 2.11. The molecule has 12 nitrogen and oxygen atoms in total. The van der Waals surface area contributed by atoms with Crippen LogP contribution in [0.25, 0.3) is 0 Å². The number of carbonyl (C=O) groups is 3. The molecule has 0 saturated carbocycles. The van der Waals surface area contributed by atoms with Crippen LogP contribution < -0.4 is 16.0 Å². The van der Waals surface area contributed by atoms with E-state index in [1.165, 1.54) is 0 Å². The van der Waals surface area contributed by atoms with E-state index in [0.29, 0.717) is 0 Å². The summed E-state index contributed by atoms with van der Waals surface area (Å²) in [5.41, 5.74) is 0. The van der Waals surface area contributed by atoms with Crippen LogP contribution in [0, 0.1) is 0 Å². The van der Waals surface area contributed by atoms with Crippen LogP contribution in [0.15, 0.2) is 0 Å². The monoisotopic (exact) mass is 384 g/mol. The molecule has 12 heteroatoms. The molecule has 1 rings (SSSR count). The van der Waals surface area contributed by atoms with Crippen LogP contribution in [-0.4, -0.2) is 51.5 Å². The molecule has 1 heterocycles. The van der Waals surface area contributed by atoms with Gasteiger partial charge in [-0.2, -0.15) is 15.0 Å². The predicted octanol–water partition coefficient (Wildman–Crippen LogP) is 2.74. The fraction of sp³-hybridized carbons (Fsp3) is 0.600. The highest BCUT2D eigenvalue weighted by Gasteiger charge is 2.16. The normalized spacial score (nSPS) is 10.6. The molecule has 0 aliphatic carbocycles. The Bertz CT molecular complexity index is 576. The third kappa shape index (κ3) is 9.18. The second-order valence-corrected chi connectivity index (χ2v) is 6.04. The van der Waals surface area contributed by atoms with Gasteiger partial charge in [0.15, 0.2) is 0 Å². The van der Waals surface area contributed by atoms with Crippen LogP contribution in [0.3, 0.4) is 0 Å². The predicted molar refractivity (Wildman–Crippen MR) is 95.5 cm³/mol. The maximum atomic E-state index is 11.7. The van der Waals surface area contributed by atoms with Crippen molar-refractivity contribution in [2.75, 3.05) is 16.0 Å². The lowest BCUT2D eigenvalue weighted by Gasteiger charge is -2.12. The lowest BCUT2D eigenvalue weighted by molar-refractivity contribution is 0.129. The molecule has 0 radical (unpaired) electrons. The maximum Gasteiger partial charge on any atom is 0.414 e. The third-order valence-electron chi connectivity index (χ3n) is 2.31. The summed E-state index contributed by atoms with van der Waals surface area (Å²) in [6, 6.07) is 0. The Labute approximate surface area is 156 Å². The summed E-state index contributed by atoms with van der Waals surface area (Å²) in [6.45, 7) is 9.98. The summed E-state index contributed by atoms with van der Waals surface area (Å²) in [5.74, 6) is -0.763. The summed E-state index contributed by atoms with van der Waals surface area (Å²) in [6.07, 6.45) is -3.56. The number of aromatic nitrogens is 3.